The highest BCUT2D eigenvalue weighted by atomic mass is 32.1. The maximum atomic E-state index is 13.5. The minimum atomic E-state index is -0.322. The van der Waals surface area contributed by atoms with E-state index in [0.29, 0.717) is 34.1 Å². The molecule has 5 nitrogen and oxygen atoms in total. The molecule has 0 unspecified atom stereocenters. The Morgan fingerprint density at radius 3 is 2.88 bits per heavy atom. The third-order valence-corrected chi connectivity index (χ3v) is 4.56. The van der Waals surface area contributed by atoms with Gasteiger partial charge in [-0.2, -0.15) is 14.9 Å². The monoisotopic (exact) mass is 346 g/mol. The lowest BCUT2D eigenvalue weighted by atomic mass is 10.1. The molecule has 0 radical (unpaired) electrons. The van der Waals surface area contributed by atoms with Crippen molar-refractivity contribution in [1.29, 1.82) is 0 Å². The molecule has 1 aromatic carbocycles. The van der Waals surface area contributed by atoms with Gasteiger partial charge < -0.3 is 0 Å². The summed E-state index contributed by atoms with van der Waals surface area (Å²) >= 11 is 1.37. The Labute approximate surface area is 143 Å². The van der Waals surface area contributed by atoms with Crippen molar-refractivity contribution in [2.24, 2.45) is 5.92 Å². The Balaban J connectivity index is 2.06. The molecule has 0 saturated heterocycles. The molecule has 7 heteroatoms. The van der Waals surface area contributed by atoms with Crippen LogP contribution in [0.15, 0.2) is 29.8 Å². The number of amides is 1. The smallest absolute Gasteiger partial charge is 0.249 e. The molecule has 3 aromatic rings. The van der Waals surface area contributed by atoms with Gasteiger partial charge in [0, 0.05) is 23.4 Å². The number of aromatic nitrogens is 3. The maximum Gasteiger partial charge on any atom is 0.249 e. The van der Waals surface area contributed by atoms with Crippen molar-refractivity contribution in [3.63, 3.8) is 0 Å². The summed E-state index contributed by atoms with van der Waals surface area (Å²) in [5.41, 5.74) is 1.35. The molecule has 24 heavy (non-hydrogen) atoms. The first-order chi connectivity index (χ1) is 11.5. The number of carbonyl (C=O) groups is 1. The number of anilines is 1. The highest BCUT2D eigenvalue weighted by Gasteiger charge is 2.24. The third-order valence-electron chi connectivity index (χ3n) is 3.81. The topological polar surface area (TPSA) is 51.0 Å². The standard InChI is InChI=1S/C17H19FN4OS/c1-11(2)4-7-16(23)21(17-19-8-9-24-17)22-12(3)14-10-13(18)5-6-15(14)20-22/h5-6,8-11H,4,7H2,1-3H3. The molecule has 0 atom stereocenters. The first-order valence-corrected chi connectivity index (χ1v) is 8.73. The Hall–Kier alpha value is -2.28. The highest BCUT2D eigenvalue weighted by molar-refractivity contribution is 7.13. The van der Waals surface area contributed by atoms with Crippen LogP contribution < -0.4 is 5.01 Å². The quantitative estimate of drug-likeness (QED) is 0.696. The van der Waals surface area contributed by atoms with Gasteiger partial charge in [-0.3, -0.25) is 4.79 Å². The first kappa shape index (κ1) is 16.6. The number of carbonyl (C=O) groups excluding carboxylic acids is 1. The van der Waals surface area contributed by atoms with Gasteiger partial charge >= 0.3 is 0 Å². The van der Waals surface area contributed by atoms with Crippen molar-refractivity contribution in [3.05, 3.63) is 41.3 Å². The lowest BCUT2D eigenvalue weighted by Gasteiger charge is -2.21. The van der Waals surface area contributed by atoms with Gasteiger partial charge in [-0.25, -0.2) is 9.37 Å². The number of benzene rings is 1. The van der Waals surface area contributed by atoms with E-state index in [1.54, 1.807) is 12.3 Å². The van der Waals surface area contributed by atoms with Crippen LogP contribution in [0.1, 0.15) is 32.4 Å². The fraction of sp³-hybridized carbons (Fsp3) is 0.353. The predicted octanol–water partition coefficient (Wildman–Crippen LogP) is 4.17. The van der Waals surface area contributed by atoms with Crippen LogP contribution in [-0.2, 0) is 4.79 Å². The molecule has 0 aliphatic rings. The number of hydrogen-bond donors (Lipinski definition) is 0. The Morgan fingerprint density at radius 1 is 1.42 bits per heavy atom. The van der Waals surface area contributed by atoms with Crippen LogP contribution in [0.2, 0.25) is 0 Å². The number of aryl methyl sites for hydroxylation is 1. The summed E-state index contributed by atoms with van der Waals surface area (Å²) < 4.78 is 13.5. The Bertz CT molecular complexity index is 857. The van der Waals surface area contributed by atoms with Crippen LogP contribution in [0.25, 0.3) is 10.9 Å². The molecule has 3 rings (SSSR count). The lowest BCUT2D eigenvalue weighted by Crippen LogP contribution is -2.37. The van der Waals surface area contributed by atoms with Gasteiger partial charge in [-0.05, 0) is 37.5 Å². The van der Waals surface area contributed by atoms with Gasteiger partial charge in [-0.15, -0.1) is 11.3 Å². The summed E-state index contributed by atoms with van der Waals surface area (Å²) in [5.74, 6) is 0.0334. The zero-order valence-electron chi connectivity index (χ0n) is 13.9. The van der Waals surface area contributed by atoms with Crippen molar-refractivity contribution in [1.82, 2.24) is 14.9 Å². The molecular formula is C17H19FN4OS. The number of halogens is 1. The average Bonchev–Trinajstić information content (AvgIpc) is 3.16. The Kier molecular flexibility index (Phi) is 4.62. The minimum Gasteiger partial charge on any atom is -0.272 e. The number of nitrogens with zero attached hydrogens (tertiary/aromatic N) is 4. The molecule has 0 fully saturated rings. The van der Waals surface area contributed by atoms with Gasteiger partial charge in [0.25, 0.3) is 0 Å². The fourth-order valence-electron chi connectivity index (χ4n) is 2.50. The highest BCUT2D eigenvalue weighted by Crippen LogP contribution is 2.25. The summed E-state index contributed by atoms with van der Waals surface area (Å²) in [6, 6.07) is 4.42. The number of hydrogen-bond acceptors (Lipinski definition) is 4. The molecule has 2 aromatic heterocycles. The lowest BCUT2D eigenvalue weighted by molar-refractivity contribution is -0.119. The van der Waals surface area contributed by atoms with Gasteiger partial charge in [-0.1, -0.05) is 13.8 Å². The van der Waals surface area contributed by atoms with E-state index in [4.69, 9.17) is 0 Å². The minimum absolute atomic E-state index is 0.0740. The fourth-order valence-corrected chi connectivity index (χ4v) is 3.14. The van der Waals surface area contributed by atoms with Gasteiger partial charge in [0.2, 0.25) is 11.0 Å². The number of rotatable bonds is 5. The van der Waals surface area contributed by atoms with Crippen LogP contribution in [-0.4, -0.2) is 20.8 Å². The van der Waals surface area contributed by atoms with Crippen LogP contribution in [0.5, 0.6) is 0 Å². The summed E-state index contributed by atoms with van der Waals surface area (Å²) in [5, 5.41) is 9.03. The predicted molar refractivity (Wildman–Crippen MR) is 93.5 cm³/mol. The maximum absolute atomic E-state index is 13.5. The second-order valence-corrected chi connectivity index (χ2v) is 6.96. The van der Waals surface area contributed by atoms with Gasteiger partial charge in [0.05, 0.1) is 11.2 Å². The SMILES string of the molecule is Cc1c2cc(F)ccc2nn1N(C(=O)CCC(C)C)c1nccs1. The van der Waals surface area contributed by atoms with Crippen LogP contribution in [0.3, 0.4) is 0 Å². The number of fused-ring (bicyclic) bond motifs is 1. The molecule has 0 aliphatic heterocycles. The average molecular weight is 346 g/mol. The molecule has 126 valence electrons. The van der Waals surface area contributed by atoms with Crippen molar-refractivity contribution in [2.45, 2.75) is 33.6 Å². The zero-order valence-corrected chi connectivity index (χ0v) is 14.7. The number of thiazole rings is 1. The molecular weight excluding hydrogens is 327 g/mol. The summed E-state index contributed by atoms with van der Waals surface area (Å²) in [7, 11) is 0. The zero-order chi connectivity index (χ0) is 17.3. The molecule has 2 heterocycles. The van der Waals surface area contributed by atoms with E-state index in [9.17, 15) is 9.18 Å². The molecule has 1 amide bonds. The third kappa shape index (κ3) is 3.17. The van der Waals surface area contributed by atoms with Crippen LogP contribution in [0.4, 0.5) is 9.52 Å². The molecule has 0 N–H and O–H groups in total. The van der Waals surface area contributed by atoms with E-state index in [0.717, 1.165) is 6.42 Å². The molecule has 0 bridgehead atoms. The second kappa shape index (κ2) is 6.68. The van der Waals surface area contributed by atoms with Crippen LogP contribution >= 0.6 is 11.3 Å². The van der Waals surface area contributed by atoms with Gasteiger partial charge in [0.1, 0.15) is 5.82 Å². The van der Waals surface area contributed by atoms with Gasteiger partial charge in [0.15, 0.2) is 0 Å². The Morgan fingerprint density at radius 2 is 2.21 bits per heavy atom. The normalized spacial score (nSPS) is 11.4. The van der Waals surface area contributed by atoms with E-state index in [2.05, 4.69) is 23.9 Å². The van der Waals surface area contributed by atoms with E-state index in [-0.39, 0.29) is 11.7 Å². The van der Waals surface area contributed by atoms with Crippen molar-refractivity contribution in [2.75, 3.05) is 5.01 Å². The second-order valence-electron chi connectivity index (χ2n) is 6.09. The molecule has 0 saturated carbocycles. The van der Waals surface area contributed by atoms with E-state index in [1.807, 2.05) is 12.3 Å². The molecule has 0 spiro atoms. The van der Waals surface area contributed by atoms with Crippen LogP contribution in [0, 0.1) is 18.7 Å². The largest absolute Gasteiger partial charge is 0.272 e. The van der Waals surface area contributed by atoms with E-state index >= 15 is 0 Å². The summed E-state index contributed by atoms with van der Waals surface area (Å²) in [4.78, 5) is 18.6. The van der Waals surface area contributed by atoms with Crippen molar-refractivity contribution in [3.8, 4) is 0 Å². The molecule has 0 aliphatic carbocycles. The summed E-state index contributed by atoms with van der Waals surface area (Å²) in [6.07, 6.45) is 2.84. The van der Waals surface area contributed by atoms with Crippen molar-refractivity contribution >= 4 is 33.3 Å². The first-order valence-electron chi connectivity index (χ1n) is 7.85. The van der Waals surface area contributed by atoms with E-state index in [1.165, 1.54) is 33.3 Å². The van der Waals surface area contributed by atoms with E-state index < -0.39 is 0 Å². The van der Waals surface area contributed by atoms with Crippen molar-refractivity contribution < 1.29 is 9.18 Å². The summed E-state index contributed by atoms with van der Waals surface area (Å²) in [6.45, 7) is 5.99.